The highest BCUT2D eigenvalue weighted by molar-refractivity contribution is 5.72. The molecule has 2 atom stereocenters. The number of aliphatic hydroxyl groups excluding tert-OH is 1. The van der Waals surface area contributed by atoms with Crippen LogP contribution in [0.15, 0.2) is 0 Å². The van der Waals surface area contributed by atoms with Gasteiger partial charge in [0, 0.05) is 6.42 Å². The van der Waals surface area contributed by atoms with Gasteiger partial charge in [-0.25, -0.2) is 4.79 Å². The summed E-state index contributed by atoms with van der Waals surface area (Å²) in [6.07, 6.45) is -1.92. The van der Waals surface area contributed by atoms with Crippen molar-refractivity contribution in [2.24, 2.45) is 0 Å². The van der Waals surface area contributed by atoms with Crippen LogP contribution in [0.5, 0.6) is 0 Å². The van der Waals surface area contributed by atoms with Crippen molar-refractivity contribution in [2.45, 2.75) is 44.3 Å². The van der Waals surface area contributed by atoms with Crippen molar-refractivity contribution >= 4 is 5.97 Å². The van der Waals surface area contributed by atoms with Crippen molar-refractivity contribution in [1.82, 2.24) is 0 Å². The Morgan fingerprint density at radius 3 is 2.69 bits per heavy atom. The predicted molar refractivity (Wildman–Crippen MR) is 40.4 cm³/mol. The maximum atomic E-state index is 11.7. The molecule has 0 radical (unpaired) electrons. The average Bonchev–Trinajstić information content (AvgIpc) is 2.04. The Balaban J connectivity index is 2.31. The molecule has 0 aromatic carbocycles. The monoisotopic (exact) mass is 194 g/mol. The molecule has 1 saturated carbocycles. The van der Waals surface area contributed by atoms with Gasteiger partial charge in [0.25, 0.3) is 0 Å². The largest absolute Gasteiger partial charge is 0.458 e. The summed E-state index contributed by atoms with van der Waals surface area (Å²) in [4.78, 5) is 10.5. The third-order valence-electron chi connectivity index (χ3n) is 2.06. The second-order valence-corrected chi connectivity index (χ2v) is 3.18. The summed E-state index contributed by atoms with van der Waals surface area (Å²) in [6.45, 7) is 0. The van der Waals surface area contributed by atoms with E-state index in [0.717, 1.165) is 0 Å². The second kappa shape index (κ2) is 4.50. The Kier molecular flexibility index (Phi) is 3.59. The number of hydrogen-bond acceptors (Lipinski definition) is 3. The first-order valence-corrected chi connectivity index (χ1v) is 4.26. The maximum absolute atomic E-state index is 11.7. The third-order valence-corrected chi connectivity index (χ3v) is 2.06. The van der Waals surface area contributed by atoms with Crippen molar-refractivity contribution in [1.29, 1.82) is 0 Å². The minimum atomic E-state index is -3.07. The third kappa shape index (κ3) is 3.26. The molecule has 1 N–H and O–H groups in total. The lowest BCUT2D eigenvalue weighted by molar-refractivity contribution is -0.165. The molecule has 0 saturated heterocycles. The number of carbonyl (C=O) groups excluding carboxylic acids is 1. The molecule has 0 aromatic rings. The van der Waals surface area contributed by atoms with E-state index < -0.39 is 24.6 Å². The van der Waals surface area contributed by atoms with Gasteiger partial charge in [-0.1, -0.05) is 0 Å². The van der Waals surface area contributed by atoms with Crippen molar-refractivity contribution in [3.05, 3.63) is 0 Å². The summed E-state index contributed by atoms with van der Waals surface area (Å²) in [7, 11) is 0. The van der Waals surface area contributed by atoms with Gasteiger partial charge in [0.15, 0.2) is 0 Å². The van der Waals surface area contributed by atoms with Crippen LogP contribution < -0.4 is 0 Å². The van der Waals surface area contributed by atoms with Crippen molar-refractivity contribution in [2.75, 3.05) is 0 Å². The van der Waals surface area contributed by atoms with Crippen LogP contribution in [0.1, 0.15) is 25.7 Å². The van der Waals surface area contributed by atoms with Crippen molar-refractivity contribution in [3.63, 3.8) is 0 Å². The number of carbonyl (C=O) groups is 1. The lowest BCUT2D eigenvalue weighted by Crippen LogP contribution is -2.30. The Labute approximate surface area is 74.7 Å². The van der Waals surface area contributed by atoms with E-state index in [2.05, 4.69) is 4.74 Å². The molecule has 13 heavy (non-hydrogen) atoms. The van der Waals surface area contributed by atoms with Gasteiger partial charge >= 0.3 is 12.4 Å². The lowest BCUT2D eigenvalue weighted by atomic mass is 9.95. The summed E-state index contributed by atoms with van der Waals surface area (Å²) in [6, 6.07) is 0. The van der Waals surface area contributed by atoms with Gasteiger partial charge in [-0.15, -0.1) is 0 Å². The molecule has 0 amide bonds. The van der Waals surface area contributed by atoms with Crippen molar-refractivity contribution < 1.29 is 23.4 Å². The van der Waals surface area contributed by atoms with E-state index in [0.29, 0.717) is 19.3 Å². The first-order valence-electron chi connectivity index (χ1n) is 4.26. The van der Waals surface area contributed by atoms with Gasteiger partial charge in [-0.05, 0) is 19.3 Å². The van der Waals surface area contributed by atoms with E-state index in [-0.39, 0.29) is 6.42 Å². The molecule has 0 spiro atoms. The molecule has 1 aliphatic carbocycles. The summed E-state index contributed by atoms with van der Waals surface area (Å²) >= 11 is 0. The first-order chi connectivity index (χ1) is 6.09. The highest BCUT2D eigenvalue weighted by Crippen LogP contribution is 2.21. The molecule has 0 aromatic heterocycles. The van der Waals surface area contributed by atoms with Gasteiger partial charge in [-0.3, -0.25) is 0 Å². The molecule has 1 aliphatic rings. The highest BCUT2D eigenvalue weighted by Gasteiger charge is 2.26. The first kappa shape index (κ1) is 10.4. The van der Waals surface area contributed by atoms with Gasteiger partial charge < -0.3 is 9.84 Å². The standard InChI is InChI=1S/C8H12F2O3/c9-7(10)8(12)13-6-3-1-2-5(11)4-6/h5-7,11H,1-4H2. The fourth-order valence-electron chi connectivity index (χ4n) is 1.44. The zero-order valence-corrected chi connectivity index (χ0v) is 7.08. The summed E-state index contributed by atoms with van der Waals surface area (Å²) in [5, 5.41) is 9.15. The molecule has 0 heterocycles. The fraction of sp³-hybridized carbons (Fsp3) is 0.875. The topological polar surface area (TPSA) is 46.5 Å². The number of esters is 1. The number of rotatable bonds is 2. The summed E-state index contributed by atoms with van der Waals surface area (Å²) in [5.41, 5.74) is 0. The van der Waals surface area contributed by atoms with Crippen LogP contribution in [0.3, 0.4) is 0 Å². The minimum Gasteiger partial charge on any atom is -0.458 e. The molecule has 1 rings (SSSR count). The predicted octanol–water partition coefficient (Wildman–Crippen LogP) is 1.10. The molecule has 0 bridgehead atoms. The van der Waals surface area contributed by atoms with Crippen LogP contribution in [0.25, 0.3) is 0 Å². The zero-order chi connectivity index (χ0) is 9.84. The SMILES string of the molecule is O=C(OC1CCCC(O)C1)C(F)F. The van der Waals surface area contributed by atoms with E-state index in [9.17, 15) is 13.6 Å². The Bertz CT molecular complexity index is 184. The van der Waals surface area contributed by atoms with E-state index in [1.165, 1.54) is 0 Å². The van der Waals surface area contributed by atoms with Crippen LogP contribution in [0.2, 0.25) is 0 Å². The van der Waals surface area contributed by atoms with Crippen LogP contribution in [-0.2, 0) is 9.53 Å². The van der Waals surface area contributed by atoms with Crippen LogP contribution in [0.4, 0.5) is 8.78 Å². The fourth-order valence-corrected chi connectivity index (χ4v) is 1.44. The normalized spacial score (nSPS) is 28.9. The minimum absolute atomic E-state index is 0.276. The van der Waals surface area contributed by atoms with Crippen LogP contribution in [0, 0.1) is 0 Å². The molecule has 5 heteroatoms. The molecule has 2 unspecified atom stereocenters. The Morgan fingerprint density at radius 2 is 2.15 bits per heavy atom. The molecule has 1 fully saturated rings. The molecule has 3 nitrogen and oxygen atoms in total. The molecule has 76 valence electrons. The lowest BCUT2D eigenvalue weighted by Gasteiger charge is -2.25. The molecule has 0 aliphatic heterocycles. The number of ether oxygens (including phenoxy) is 1. The van der Waals surface area contributed by atoms with E-state index >= 15 is 0 Å². The van der Waals surface area contributed by atoms with E-state index in [1.54, 1.807) is 0 Å². The van der Waals surface area contributed by atoms with E-state index in [4.69, 9.17) is 5.11 Å². The quantitative estimate of drug-likeness (QED) is 0.669. The Morgan fingerprint density at radius 1 is 1.46 bits per heavy atom. The van der Waals surface area contributed by atoms with E-state index in [1.807, 2.05) is 0 Å². The zero-order valence-electron chi connectivity index (χ0n) is 7.08. The maximum Gasteiger partial charge on any atom is 0.374 e. The van der Waals surface area contributed by atoms with Crippen molar-refractivity contribution in [3.8, 4) is 0 Å². The summed E-state index contributed by atoms with van der Waals surface area (Å²) < 4.78 is 28.0. The average molecular weight is 194 g/mol. The van der Waals surface area contributed by atoms with Crippen LogP contribution >= 0.6 is 0 Å². The number of aliphatic hydroxyl groups is 1. The van der Waals surface area contributed by atoms with Gasteiger partial charge in [0.2, 0.25) is 0 Å². The van der Waals surface area contributed by atoms with Gasteiger partial charge in [0.05, 0.1) is 6.10 Å². The number of alkyl halides is 2. The smallest absolute Gasteiger partial charge is 0.374 e. The molecular weight excluding hydrogens is 182 g/mol. The number of halogens is 2. The van der Waals surface area contributed by atoms with Crippen LogP contribution in [-0.4, -0.2) is 29.7 Å². The van der Waals surface area contributed by atoms with Gasteiger partial charge in [0.1, 0.15) is 6.10 Å². The van der Waals surface area contributed by atoms with Gasteiger partial charge in [-0.2, -0.15) is 8.78 Å². The number of hydrogen-bond donors (Lipinski definition) is 1. The Hall–Kier alpha value is -0.710. The summed E-state index contributed by atoms with van der Waals surface area (Å²) in [5.74, 6) is -1.49. The second-order valence-electron chi connectivity index (χ2n) is 3.18. The highest BCUT2D eigenvalue weighted by atomic mass is 19.3. The molecular formula is C8H12F2O3.